The average molecular weight is 398 g/mol. The fourth-order valence-electron chi connectivity index (χ4n) is 5.88. The molecule has 0 N–H and O–H groups in total. The number of carbonyl (C=O) groups excluding carboxylic acids is 2. The third kappa shape index (κ3) is 3.81. The third-order valence-electron chi connectivity index (χ3n) is 7.52. The van der Waals surface area contributed by atoms with Gasteiger partial charge in [-0.15, -0.1) is 0 Å². The van der Waals surface area contributed by atoms with Crippen LogP contribution in [-0.2, 0) is 4.79 Å². The molecule has 3 aliphatic rings. The van der Waals surface area contributed by atoms with Gasteiger partial charge in [0.05, 0.1) is 6.04 Å². The lowest BCUT2D eigenvalue weighted by molar-refractivity contribution is -0.145. The highest BCUT2D eigenvalue weighted by Crippen LogP contribution is 2.45. The van der Waals surface area contributed by atoms with Crippen LogP contribution in [-0.4, -0.2) is 72.3 Å². The van der Waals surface area contributed by atoms with Crippen molar-refractivity contribution in [3.05, 3.63) is 34.9 Å². The Bertz CT molecular complexity index is 776. The van der Waals surface area contributed by atoms with Gasteiger partial charge >= 0.3 is 0 Å². The third-order valence-corrected chi connectivity index (χ3v) is 7.52. The monoisotopic (exact) mass is 397 g/mol. The molecule has 0 bridgehead atoms. The second-order valence-corrected chi connectivity index (χ2v) is 9.49. The lowest BCUT2D eigenvalue weighted by Gasteiger charge is -2.52. The van der Waals surface area contributed by atoms with E-state index in [9.17, 15) is 9.59 Å². The van der Waals surface area contributed by atoms with Crippen molar-refractivity contribution in [2.75, 3.05) is 39.8 Å². The summed E-state index contributed by atoms with van der Waals surface area (Å²) in [5.41, 5.74) is 3.07. The van der Waals surface area contributed by atoms with E-state index in [1.165, 1.54) is 5.56 Å². The molecular weight excluding hydrogens is 362 g/mol. The van der Waals surface area contributed by atoms with Crippen LogP contribution in [0.1, 0.15) is 60.0 Å². The van der Waals surface area contributed by atoms with Crippen molar-refractivity contribution in [3.8, 4) is 0 Å². The number of likely N-dealkylation sites (N-methyl/N-ethyl adjacent to an activating group) is 1. The predicted molar refractivity (Wildman–Crippen MR) is 115 cm³/mol. The Balaban J connectivity index is 1.49. The smallest absolute Gasteiger partial charge is 0.254 e. The van der Waals surface area contributed by atoms with Crippen LogP contribution in [0.4, 0.5) is 0 Å². The standard InChI is InChI=1S/C24H35N3O2/c1-18-7-8-20(19(2)17-18)22(28)27-15-10-24(11-16-27)9-6-12-25(3)21(24)23(29)26-13-4-5-14-26/h7-8,17,21H,4-6,9-16H2,1-3H3. The van der Waals surface area contributed by atoms with Gasteiger partial charge in [-0.2, -0.15) is 0 Å². The van der Waals surface area contributed by atoms with Crippen LogP contribution >= 0.6 is 0 Å². The van der Waals surface area contributed by atoms with Crippen LogP contribution in [0.3, 0.4) is 0 Å². The van der Waals surface area contributed by atoms with E-state index in [4.69, 9.17) is 0 Å². The summed E-state index contributed by atoms with van der Waals surface area (Å²) in [6.07, 6.45) is 6.37. The fraction of sp³-hybridized carbons (Fsp3) is 0.667. The summed E-state index contributed by atoms with van der Waals surface area (Å²) < 4.78 is 0. The minimum absolute atomic E-state index is 0.0196. The van der Waals surface area contributed by atoms with Crippen LogP contribution in [0.2, 0.25) is 0 Å². The minimum Gasteiger partial charge on any atom is -0.341 e. The van der Waals surface area contributed by atoms with Gasteiger partial charge in [0.1, 0.15) is 0 Å². The van der Waals surface area contributed by atoms with Gasteiger partial charge in [0.2, 0.25) is 5.91 Å². The Kier molecular flexibility index (Phi) is 5.69. The lowest BCUT2D eigenvalue weighted by Crippen LogP contribution is -2.61. The number of aryl methyl sites for hydroxylation is 2. The van der Waals surface area contributed by atoms with Gasteiger partial charge in [-0.25, -0.2) is 0 Å². The molecule has 3 aliphatic heterocycles. The number of piperidine rings is 2. The van der Waals surface area contributed by atoms with E-state index in [1.807, 2.05) is 24.0 Å². The summed E-state index contributed by atoms with van der Waals surface area (Å²) in [5.74, 6) is 0.475. The highest BCUT2D eigenvalue weighted by atomic mass is 16.2. The number of hydrogen-bond acceptors (Lipinski definition) is 3. The Morgan fingerprint density at radius 3 is 2.24 bits per heavy atom. The predicted octanol–water partition coefficient (Wildman–Crippen LogP) is 3.24. The topological polar surface area (TPSA) is 43.9 Å². The second kappa shape index (κ2) is 8.10. The summed E-state index contributed by atoms with van der Waals surface area (Å²) in [4.78, 5) is 32.9. The molecule has 3 saturated heterocycles. The highest BCUT2D eigenvalue weighted by Gasteiger charge is 2.50. The van der Waals surface area contributed by atoms with Crippen LogP contribution in [0.25, 0.3) is 0 Å². The summed E-state index contributed by atoms with van der Waals surface area (Å²) in [6, 6.07) is 6.05. The van der Waals surface area contributed by atoms with Crippen LogP contribution in [0, 0.1) is 19.3 Å². The number of likely N-dealkylation sites (tertiary alicyclic amines) is 3. The fourth-order valence-corrected chi connectivity index (χ4v) is 5.88. The van der Waals surface area contributed by atoms with Gasteiger partial charge in [0.25, 0.3) is 5.91 Å². The molecule has 1 atom stereocenters. The summed E-state index contributed by atoms with van der Waals surface area (Å²) in [6.45, 7) is 8.41. The molecule has 3 heterocycles. The first kappa shape index (κ1) is 20.4. The zero-order valence-electron chi connectivity index (χ0n) is 18.2. The number of rotatable bonds is 2. The van der Waals surface area contributed by atoms with Gasteiger partial charge in [-0.3, -0.25) is 14.5 Å². The Hall–Kier alpha value is -1.88. The van der Waals surface area contributed by atoms with Gasteiger partial charge in [-0.05, 0) is 83.0 Å². The van der Waals surface area contributed by atoms with Crippen molar-refractivity contribution in [2.24, 2.45) is 5.41 Å². The molecule has 0 saturated carbocycles. The number of amides is 2. The zero-order valence-corrected chi connectivity index (χ0v) is 18.2. The van der Waals surface area contributed by atoms with Crippen molar-refractivity contribution in [2.45, 2.75) is 58.4 Å². The number of carbonyl (C=O) groups is 2. The molecule has 4 rings (SSSR count). The first-order valence-corrected chi connectivity index (χ1v) is 11.3. The number of hydrogen-bond donors (Lipinski definition) is 0. The first-order chi connectivity index (χ1) is 13.9. The quantitative estimate of drug-likeness (QED) is 0.770. The zero-order chi connectivity index (χ0) is 20.6. The Morgan fingerprint density at radius 1 is 0.897 bits per heavy atom. The van der Waals surface area contributed by atoms with E-state index >= 15 is 0 Å². The van der Waals surface area contributed by atoms with Crippen molar-refractivity contribution >= 4 is 11.8 Å². The Morgan fingerprint density at radius 2 is 1.59 bits per heavy atom. The Labute approximate surface area is 175 Å². The van der Waals surface area contributed by atoms with Crippen LogP contribution in [0.15, 0.2) is 18.2 Å². The largest absolute Gasteiger partial charge is 0.341 e. The maximum Gasteiger partial charge on any atom is 0.254 e. The summed E-state index contributed by atoms with van der Waals surface area (Å²) >= 11 is 0. The SMILES string of the molecule is Cc1ccc(C(=O)N2CCC3(CCCN(C)C3C(=O)N3CCCC3)CC2)c(C)c1. The maximum atomic E-state index is 13.4. The van der Waals surface area contributed by atoms with E-state index in [1.54, 1.807) is 0 Å². The molecule has 5 nitrogen and oxygen atoms in total. The molecule has 1 spiro atoms. The first-order valence-electron chi connectivity index (χ1n) is 11.3. The van der Waals surface area contributed by atoms with E-state index in [2.05, 4.69) is 29.8 Å². The molecular formula is C24H35N3O2. The number of nitrogens with zero attached hydrogens (tertiary/aromatic N) is 3. The van der Waals surface area contributed by atoms with Gasteiger partial charge < -0.3 is 9.80 Å². The van der Waals surface area contributed by atoms with E-state index in [0.717, 1.165) is 82.4 Å². The van der Waals surface area contributed by atoms with Gasteiger partial charge in [0, 0.05) is 31.7 Å². The van der Waals surface area contributed by atoms with E-state index < -0.39 is 0 Å². The molecule has 1 aromatic carbocycles. The average Bonchev–Trinajstić information content (AvgIpc) is 3.23. The van der Waals surface area contributed by atoms with Gasteiger partial charge in [-0.1, -0.05) is 17.7 Å². The van der Waals surface area contributed by atoms with Gasteiger partial charge in [0.15, 0.2) is 0 Å². The molecule has 158 valence electrons. The molecule has 0 aliphatic carbocycles. The lowest BCUT2D eigenvalue weighted by atomic mass is 9.66. The van der Waals surface area contributed by atoms with Crippen molar-refractivity contribution in [1.29, 1.82) is 0 Å². The number of benzene rings is 1. The molecule has 0 radical (unpaired) electrons. The molecule has 3 fully saturated rings. The van der Waals surface area contributed by atoms with E-state index in [0.29, 0.717) is 5.91 Å². The molecule has 1 aromatic rings. The van der Waals surface area contributed by atoms with Crippen molar-refractivity contribution in [3.63, 3.8) is 0 Å². The van der Waals surface area contributed by atoms with Crippen LogP contribution in [0.5, 0.6) is 0 Å². The highest BCUT2D eigenvalue weighted by molar-refractivity contribution is 5.95. The van der Waals surface area contributed by atoms with Crippen molar-refractivity contribution in [1.82, 2.24) is 14.7 Å². The van der Waals surface area contributed by atoms with Crippen molar-refractivity contribution < 1.29 is 9.59 Å². The summed E-state index contributed by atoms with van der Waals surface area (Å²) in [7, 11) is 2.12. The van der Waals surface area contributed by atoms with E-state index in [-0.39, 0.29) is 17.4 Å². The molecule has 5 heteroatoms. The second-order valence-electron chi connectivity index (χ2n) is 9.49. The normalized spacial score (nSPS) is 24.9. The minimum atomic E-state index is -0.0206. The van der Waals surface area contributed by atoms with Crippen LogP contribution < -0.4 is 0 Å². The molecule has 1 unspecified atom stereocenters. The molecule has 0 aromatic heterocycles. The maximum absolute atomic E-state index is 13.4. The molecule has 2 amide bonds. The molecule has 29 heavy (non-hydrogen) atoms. The summed E-state index contributed by atoms with van der Waals surface area (Å²) in [5, 5.41) is 0.